The van der Waals surface area contributed by atoms with E-state index in [0.29, 0.717) is 31.9 Å². The zero-order valence-corrected chi connectivity index (χ0v) is 19.8. The topological polar surface area (TPSA) is 103 Å². The van der Waals surface area contributed by atoms with Crippen molar-refractivity contribution in [1.82, 2.24) is 10.2 Å². The van der Waals surface area contributed by atoms with Crippen LogP contribution in [0.25, 0.3) is 0 Å². The van der Waals surface area contributed by atoms with E-state index in [4.69, 9.17) is 13.7 Å². The van der Waals surface area contributed by atoms with Crippen molar-refractivity contribution in [3.05, 3.63) is 12.2 Å². The molecule has 2 amide bonds. The molecule has 0 aromatic carbocycles. The number of carbonyl (C=O) groups is 3. The number of rotatable bonds is 16. The van der Waals surface area contributed by atoms with E-state index in [-0.39, 0.29) is 17.7 Å². The average Bonchev–Trinajstić information content (AvgIpc) is 2.78. The molecule has 0 heterocycles. The van der Waals surface area contributed by atoms with Gasteiger partial charge in [-0.1, -0.05) is 12.8 Å². The van der Waals surface area contributed by atoms with Crippen LogP contribution in [0.4, 0.5) is 0 Å². The van der Waals surface area contributed by atoms with Gasteiger partial charge in [0.1, 0.15) is 6.29 Å². The molecule has 10 heteroatoms. The number of allylic oxidation sites excluding steroid dienone is 1. The minimum absolute atomic E-state index is 0.0645. The lowest BCUT2D eigenvalue weighted by Crippen LogP contribution is -2.36. The summed E-state index contributed by atoms with van der Waals surface area (Å²) in [7, 11) is 3.23. The van der Waals surface area contributed by atoms with E-state index in [2.05, 4.69) is 10.2 Å². The monoisotopic (exact) mass is 460 g/mol. The predicted molar refractivity (Wildman–Crippen MR) is 118 cm³/mol. The smallest absolute Gasteiger partial charge is 0.356 e. The van der Waals surface area contributed by atoms with Crippen LogP contribution in [-0.4, -0.2) is 64.0 Å². The fourth-order valence-electron chi connectivity index (χ4n) is 3.57. The highest BCUT2D eigenvalue weighted by Crippen LogP contribution is 2.38. The Balaban J connectivity index is 2.08. The van der Waals surface area contributed by atoms with E-state index in [0.717, 1.165) is 51.4 Å². The average molecular weight is 461 g/mol. The predicted octanol–water partition coefficient (Wildman–Crippen LogP) is 3.15. The molecule has 1 aliphatic carbocycles. The highest BCUT2D eigenvalue weighted by molar-refractivity contribution is 7.41. The summed E-state index contributed by atoms with van der Waals surface area (Å²) < 4.78 is 15.2. The molecule has 1 N–H and O–H groups in total. The maximum absolute atomic E-state index is 12.4. The van der Waals surface area contributed by atoms with Crippen molar-refractivity contribution in [1.29, 1.82) is 0 Å². The number of nitrogens with zero attached hydrogens (tertiary/aromatic N) is 1. The largest absolute Gasteiger partial charge is 0.362 e. The molecule has 0 bridgehead atoms. The molecular formula is C21H37N2O7P. The van der Waals surface area contributed by atoms with Gasteiger partial charge in [-0.2, -0.15) is 4.67 Å². The van der Waals surface area contributed by atoms with E-state index >= 15 is 0 Å². The maximum atomic E-state index is 12.4. The summed E-state index contributed by atoms with van der Waals surface area (Å²) in [5.74, 6) is 0.442. The summed E-state index contributed by atoms with van der Waals surface area (Å²) >= 11 is 0. The molecule has 1 fully saturated rings. The summed E-state index contributed by atoms with van der Waals surface area (Å²) in [5, 5.41) is 3.05. The number of nitrogens with one attached hydrogen (secondary N) is 1. The third kappa shape index (κ3) is 12.3. The van der Waals surface area contributed by atoms with E-state index in [1.165, 1.54) is 26.4 Å². The molecule has 0 spiro atoms. The van der Waals surface area contributed by atoms with Gasteiger partial charge in [0.15, 0.2) is 0 Å². The van der Waals surface area contributed by atoms with Crippen LogP contribution in [-0.2, 0) is 33.0 Å². The lowest BCUT2D eigenvalue weighted by atomic mass is 9.81. The number of hydrogen-bond acceptors (Lipinski definition) is 7. The van der Waals surface area contributed by atoms with Crippen LogP contribution < -0.4 is 5.32 Å². The number of aldehydes is 1. The van der Waals surface area contributed by atoms with Gasteiger partial charge in [0.25, 0.3) is 0 Å². The Morgan fingerprint density at radius 3 is 2.45 bits per heavy atom. The molecule has 9 nitrogen and oxygen atoms in total. The first-order valence-electron chi connectivity index (χ1n) is 10.8. The number of hydrogen-bond donors (Lipinski definition) is 1. The number of carbonyl (C=O) groups excluding carboxylic acids is 3. The molecule has 1 rings (SSSR count). The Morgan fingerprint density at radius 1 is 1.10 bits per heavy atom. The second-order valence-corrected chi connectivity index (χ2v) is 8.84. The lowest BCUT2D eigenvalue weighted by Gasteiger charge is -2.30. The molecule has 1 saturated carbocycles. The maximum Gasteiger partial charge on any atom is 0.362 e. The molecule has 0 saturated heterocycles. The van der Waals surface area contributed by atoms with Gasteiger partial charge in [-0.05, 0) is 50.5 Å². The Kier molecular flexibility index (Phi) is 15.4. The minimum Gasteiger partial charge on any atom is -0.356 e. The SMILES string of the molecule is COOP(OC)OCCCCCCNC(=O)C1CCC(CN(C)C(=O)/C=C\C=O)CC1. The van der Waals surface area contributed by atoms with Crippen molar-refractivity contribution < 1.29 is 33.0 Å². The van der Waals surface area contributed by atoms with Crippen LogP contribution in [0.2, 0.25) is 0 Å². The van der Waals surface area contributed by atoms with Crippen molar-refractivity contribution in [2.75, 3.05) is 41.0 Å². The van der Waals surface area contributed by atoms with Gasteiger partial charge in [0.05, 0.1) is 13.7 Å². The Morgan fingerprint density at radius 2 is 1.81 bits per heavy atom. The fourth-order valence-corrected chi connectivity index (χ4v) is 4.18. The summed E-state index contributed by atoms with van der Waals surface area (Å²) in [6.07, 6.45) is 10.5. The van der Waals surface area contributed by atoms with Crippen LogP contribution in [0, 0.1) is 11.8 Å². The molecule has 178 valence electrons. The highest BCUT2D eigenvalue weighted by Gasteiger charge is 2.27. The molecule has 1 unspecified atom stereocenters. The van der Waals surface area contributed by atoms with Crippen LogP contribution in [0.1, 0.15) is 51.4 Å². The van der Waals surface area contributed by atoms with Crippen molar-refractivity contribution >= 4 is 26.7 Å². The fraction of sp³-hybridized carbons (Fsp3) is 0.762. The van der Waals surface area contributed by atoms with E-state index in [1.807, 2.05) is 0 Å². The Hall–Kier alpha value is -1.38. The van der Waals surface area contributed by atoms with Crippen molar-refractivity contribution in [3.8, 4) is 0 Å². The van der Waals surface area contributed by atoms with Gasteiger partial charge in [0.2, 0.25) is 11.8 Å². The van der Waals surface area contributed by atoms with Crippen molar-refractivity contribution in [2.45, 2.75) is 51.4 Å². The highest BCUT2D eigenvalue weighted by atomic mass is 31.2. The summed E-state index contributed by atoms with van der Waals surface area (Å²) in [6.45, 7) is 1.90. The second-order valence-electron chi connectivity index (χ2n) is 7.62. The minimum atomic E-state index is -1.43. The van der Waals surface area contributed by atoms with Crippen LogP contribution in [0.5, 0.6) is 0 Å². The first kappa shape index (κ1) is 27.7. The van der Waals surface area contributed by atoms with Gasteiger partial charge < -0.3 is 19.3 Å². The molecule has 0 aromatic heterocycles. The molecule has 0 aromatic rings. The first-order chi connectivity index (χ1) is 15.0. The molecule has 0 aliphatic heterocycles. The quantitative estimate of drug-likeness (QED) is 0.0942. The number of amides is 2. The van der Waals surface area contributed by atoms with Gasteiger partial charge in [-0.15, -0.1) is 0 Å². The van der Waals surface area contributed by atoms with Gasteiger partial charge in [-0.25, -0.2) is 4.89 Å². The molecule has 1 aliphatic rings. The van der Waals surface area contributed by atoms with E-state index in [9.17, 15) is 14.4 Å². The van der Waals surface area contributed by atoms with Crippen LogP contribution in [0.15, 0.2) is 12.2 Å². The third-order valence-electron chi connectivity index (χ3n) is 5.29. The van der Waals surface area contributed by atoms with Crippen molar-refractivity contribution in [2.24, 2.45) is 11.8 Å². The van der Waals surface area contributed by atoms with Crippen LogP contribution >= 0.6 is 8.60 Å². The molecular weight excluding hydrogens is 423 g/mol. The molecule has 31 heavy (non-hydrogen) atoms. The summed E-state index contributed by atoms with van der Waals surface area (Å²) in [6, 6.07) is 0. The van der Waals surface area contributed by atoms with Gasteiger partial charge in [-0.3, -0.25) is 14.4 Å². The molecule has 1 atom stereocenters. The standard InChI is InChI=1S/C21H37N2O7P/c1-23(20(25)9-8-15-24)17-18-10-12-19(13-11-18)21(26)22-14-6-4-5-7-16-29-31(28-3)30-27-2/h8-9,15,18-19H,4-7,10-14,16-17H2,1-3H3,(H,22,26)/b9-8-. The van der Waals surface area contributed by atoms with Crippen molar-refractivity contribution in [3.63, 3.8) is 0 Å². The van der Waals surface area contributed by atoms with E-state index < -0.39 is 8.60 Å². The Labute approximate surface area is 186 Å². The lowest BCUT2D eigenvalue weighted by molar-refractivity contribution is -0.189. The van der Waals surface area contributed by atoms with Gasteiger partial charge >= 0.3 is 8.60 Å². The molecule has 0 radical (unpaired) electrons. The second kappa shape index (κ2) is 17.2. The van der Waals surface area contributed by atoms with E-state index in [1.54, 1.807) is 11.9 Å². The normalized spacial score (nSPS) is 19.8. The van der Waals surface area contributed by atoms with Gasteiger partial charge in [0, 0.05) is 39.2 Å². The number of likely N-dealkylation sites (N-methyl/N-ethyl adjacent to an activating group) is 1. The summed E-state index contributed by atoms with van der Waals surface area (Å²) in [5.41, 5.74) is 0. The van der Waals surface area contributed by atoms with Crippen LogP contribution in [0.3, 0.4) is 0 Å². The number of unbranched alkanes of at least 4 members (excludes halogenated alkanes) is 3. The zero-order valence-electron chi connectivity index (χ0n) is 18.9. The summed E-state index contributed by atoms with van der Waals surface area (Å²) in [4.78, 5) is 40.7. The first-order valence-corrected chi connectivity index (χ1v) is 11.9. The Bertz CT molecular complexity index is 554. The third-order valence-corrected chi connectivity index (χ3v) is 6.26. The zero-order chi connectivity index (χ0) is 22.9.